The van der Waals surface area contributed by atoms with Crippen molar-refractivity contribution in [2.75, 3.05) is 13.1 Å². The Morgan fingerprint density at radius 1 is 1.22 bits per heavy atom. The van der Waals surface area contributed by atoms with E-state index in [9.17, 15) is 24.0 Å². The first-order valence-electron chi connectivity index (χ1n) is 12.4. The number of nitrogens with two attached hydrogens (primary N) is 2. The summed E-state index contributed by atoms with van der Waals surface area (Å²) in [5, 5.41) is 5.38. The number of primary amides is 2. The molecule has 2 aliphatic heterocycles. The highest BCUT2D eigenvalue weighted by molar-refractivity contribution is 5.95. The molecule has 36 heavy (non-hydrogen) atoms. The molecule has 1 saturated carbocycles. The van der Waals surface area contributed by atoms with Crippen molar-refractivity contribution in [1.29, 1.82) is 0 Å². The van der Waals surface area contributed by atoms with Crippen molar-refractivity contribution in [3.63, 3.8) is 0 Å². The first-order valence-corrected chi connectivity index (χ1v) is 12.4. The van der Waals surface area contributed by atoms with Crippen LogP contribution in [0.3, 0.4) is 0 Å². The Morgan fingerprint density at radius 2 is 1.86 bits per heavy atom. The van der Waals surface area contributed by atoms with Crippen LogP contribution < -0.4 is 22.1 Å². The molecule has 0 bridgehead atoms. The second-order valence-electron chi connectivity index (χ2n) is 11.7. The molecule has 12 heteroatoms. The fraction of sp³-hybridized carbons (Fsp3) is 0.792. The van der Waals surface area contributed by atoms with E-state index in [4.69, 9.17) is 20.9 Å². The van der Waals surface area contributed by atoms with Gasteiger partial charge in [-0.25, -0.2) is 4.79 Å². The minimum atomic E-state index is -1.35. The number of hydrogen-bond donors (Lipinski definition) is 4. The molecule has 202 valence electrons. The van der Waals surface area contributed by atoms with Gasteiger partial charge in [0.1, 0.15) is 18.2 Å². The van der Waals surface area contributed by atoms with Crippen molar-refractivity contribution in [3.05, 3.63) is 0 Å². The van der Waals surface area contributed by atoms with E-state index >= 15 is 0 Å². The molecule has 5 amide bonds. The fourth-order valence-electron chi connectivity index (χ4n) is 5.73. The van der Waals surface area contributed by atoms with Gasteiger partial charge in [-0.1, -0.05) is 13.8 Å². The average Bonchev–Trinajstić information content (AvgIpc) is 3.08. The predicted octanol–water partition coefficient (Wildman–Crippen LogP) is -0.367. The van der Waals surface area contributed by atoms with E-state index < -0.39 is 59.6 Å². The molecular weight excluding hydrogens is 470 g/mol. The first-order chi connectivity index (χ1) is 16.5. The van der Waals surface area contributed by atoms with Crippen LogP contribution in [0.25, 0.3) is 0 Å². The van der Waals surface area contributed by atoms with E-state index in [0.717, 1.165) is 0 Å². The van der Waals surface area contributed by atoms with Gasteiger partial charge in [0.15, 0.2) is 0 Å². The zero-order chi connectivity index (χ0) is 27.2. The summed E-state index contributed by atoms with van der Waals surface area (Å²) < 4.78 is 11.0. The van der Waals surface area contributed by atoms with E-state index in [-0.39, 0.29) is 36.1 Å². The van der Waals surface area contributed by atoms with E-state index in [2.05, 4.69) is 10.6 Å². The van der Waals surface area contributed by atoms with Gasteiger partial charge >= 0.3 is 6.09 Å². The quantitative estimate of drug-likeness (QED) is 0.327. The van der Waals surface area contributed by atoms with Crippen LogP contribution in [0.5, 0.6) is 0 Å². The van der Waals surface area contributed by atoms with Crippen LogP contribution in [0.4, 0.5) is 4.79 Å². The number of piperidine rings is 1. The Balaban J connectivity index is 1.82. The van der Waals surface area contributed by atoms with E-state index in [1.807, 2.05) is 13.8 Å². The summed E-state index contributed by atoms with van der Waals surface area (Å²) in [5.41, 5.74) is 9.96. The van der Waals surface area contributed by atoms with Crippen molar-refractivity contribution in [2.24, 2.45) is 34.6 Å². The van der Waals surface area contributed by atoms with E-state index in [1.165, 1.54) is 4.90 Å². The van der Waals surface area contributed by atoms with E-state index in [0.29, 0.717) is 13.0 Å². The summed E-state index contributed by atoms with van der Waals surface area (Å²) in [4.78, 5) is 64.3. The smallest absolute Gasteiger partial charge is 0.405 e. The fourth-order valence-corrected chi connectivity index (χ4v) is 5.73. The molecule has 0 radical (unpaired) electrons. The number of amides is 5. The third kappa shape index (κ3) is 5.74. The molecule has 3 rings (SSSR count). The molecule has 2 saturated heterocycles. The minimum Gasteiger partial charge on any atom is -0.433 e. The first kappa shape index (κ1) is 27.7. The van der Waals surface area contributed by atoms with Crippen LogP contribution in [-0.4, -0.2) is 77.6 Å². The highest BCUT2D eigenvalue weighted by Gasteiger charge is 2.70. The highest BCUT2D eigenvalue weighted by atomic mass is 16.6. The zero-order valence-electron chi connectivity index (χ0n) is 21.8. The van der Waals surface area contributed by atoms with Crippen LogP contribution >= 0.6 is 0 Å². The van der Waals surface area contributed by atoms with Gasteiger partial charge in [-0.15, -0.1) is 0 Å². The SMILES string of the molecule is C[C@@H](OC(C)(C)C)[C@H](OC(N)=O)C(=O)N1C[C@H]2[C@@H]([C@H]1C(=O)N[C@@H](C[C@@H]1CCNC1=O)C(N)=O)C2(C)C. The Kier molecular flexibility index (Phi) is 7.59. The van der Waals surface area contributed by atoms with Gasteiger partial charge in [0.2, 0.25) is 23.8 Å². The second kappa shape index (κ2) is 9.87. The monoisotopic (exact) mass is 509 g/mol. The van der Waals surface area contributed by atoms with Gasteiger partial charge in [0.05, 0.1) is 5.60 Å². The molecule has 0 aromatic rings. The van der Waals surface area contributed by atoms with Crippen LogP contribution in [0.2, 0.25) is 0 Å². The second-order valence-corrected chi connectivity index (χ2v) is 11.7. The molecule has 3 aliphatic rings. The molecule has 7 atom stereocenters. The lowest BCUT2D eigenvalue weighted by atomic mass is 9.96. The highest BCUT2D eigenvalue weighted by Crippen LogP contribution is 2.65. The molecular formula is C24H39N5O7. The Bertz CT molecular complexity index is 930. The molecule has 2 heterocycles. The van der Waals surface area contributed by atoms with Crippen LogP contribution in [-0.2, 0) is 28.7 Å². The van der Waals surface area contributed by atoms with Gasteiger partial charge in [0.25, 0.3) is 5.91 Å². The number of carbonyl (C=O) groups excluding carboxylic acids is 5. The zero-order valence-corrected chi connectivity index (χ0v) is 21.8. The van der Waals surface area contributed by atoms with E-state index in [1.54, 1.807) is 27.7 Å². The number of rotatable bonds is 9. The van der Waals surface area contributed by atoms with Crippen LogP contribution in [0.1, 0.15) is 54.4 Å². The summed E-state index contributed by atoms with van der Waals surface area (Å²) in [6.45, 7) is 11.8. The number of fused-ring (bicyclic) bond motifs is 1. The maximum absolute atomic E-state index is 13.6. The Hall–Kier alpha value is -2.89. The number of nitrogens with one attached hydrogen (secondary N) is 2. The third-order valence-corrected chi connectivity index (χ3v) is 7.56. The summed E-state index contributed by atoms with van der Waals surface area (Å²) >= 11 is 0. The van der Waals surface area contributed by atoms with Crippen LogP contribution in [0.15, 0.2) is 0 Å². The molecule has 0 spiro atoms. The molecule has 6 N–H and O–H groups in total. The number of nitrogens with zero attached hydrogens (tertiary/aromatic N) is 1. The maximum atomic E-state index is 13.6. The third-order valence-electron chi connectivity index (χ3n) is 7.56. The van der Waals surface area contributed by atoms with Gasteiger partial charge < -0.3 is 36.5 Å². The Labute approximate surface area is 211 Å². The number of likely N-dealkylation sites (tertiary alicyclic amines) is 1. The van der Waals surface area contributed by atoms with Crippen LogP contribution in [0, 0.1) is 23.2 Å². The molecule has 3 fully saturated rings. The maximum Gasteiger partial charge on any atom is 0.405 e. The van der Waals surface area contributed by atoms with Crippen molar-refractivity contribution in [2.45, 2.75) is 84.3 Å². The molecule has 0 unspecified atom stereocenters. The normalized spacial score (nSPS) is 28.9. The number of ether oxygens (including phenoxy) is 2. The molecule has 0 aromatic carbocycles. The van der Waals surface area contributed by atoms with Crippen molar-refractivity contribution >= 4 is 29.7 Å². The average molecular weight is 510 g/mol. The standard InChI is InChI=1S/C24H39N5O7/c1-11(36-23(2,3)4)17(35-22(26)34)21(33)29-10-13-15(24(13,5)6)16(29)20(32)28-14(18(25)30)9-12-7-8-27-19(12)31/h11-17H,7-10H2,1-6H3,(H2,25,30)(H2,26,34)(H,27,31)(H,28,32)/t11-,12+,13+,14+,15+,16+,17+/m1/s1. The summed E-state index contributed by atoms with van der Waals surface area (Å²) in [6, 6.07) is -1.97. The van der Waals surface area contributed by atoms with Gasteiger partial charge in [0, 0.05) is 19.0 Å². The van der Waals surface area contributed by atoms with Gasteiger partial charge in [-0.2, -0.15) is 0 Å². The minimum absolute atomic E-state index is 0.0536. The summed E-state index contributed by atoms with van der Waals surface area (Å²) in [5.74, 6) is -2.61. The van der Waals surface area contributed by atoms with Crippen molar-refractivity contribution < 1.29 is 33.4 Å². The lowest BCUT2D eigenvalue weighted by molar-refractivity contribution is -0.160. The number of hydrogen-bond acceptors (Lipinski definition) is 7. The largest absolute Gasteiger partial charge is 0.433 e. The molecule has 0 aromatic heterocycles. The lowest BCUT2D eigenvalue weighted by Gasteiger charge is -2.36. The van der Waals surface area contributed by atoms with Gasteiger partial charge in [-0.3, -0.25) is 19.2 Å². The topological polar surface area (TPSA) is 183 Å². The predicted molar refractivity (Wildman–Crippen MR) is 128 cm³/mol. The Morgan fingerprint density at radius 3 is 2.36 bits per heavy atom. The lowest BCUT2D eigenvalue weighted by Crippen LogP contribution is -2.58. The summed E-state index contributed by atoms with van der Waals surface area (Å²) in [7, 11) is 0. The van der Waals surface area contributed by atoms with Gasteiger partial charge in [-0.05, 0) is 57.8 Å². The molecule has 12 nitrogen and oxygen atoms in total. The van der Waals surface area contributed by atoms with Crippen molar-refractivity contribution in [1.82, 2.24) is 15.5 Å². The molecule has 1 aliphatic carbocycles. The number of carbonyl (C=O) groups is 5. The van der Waals surface area contributed by atoms with Crippen molar-refractivity contribution in [3.8, 4) is 0 Å². The summed E-state index contributed by atoms with van der Waals surface area (Å²) in [6.07, 6.45) is -2.70.